The Balaban J connectivity index is 1.82. The highest BCUT2D eigenvalue weighted by molar-refractivity contribution is 6.32. The first-order valence-electron chi connectivity index (χ1n) is 5.41. The van der Waals surface area contributed by atoms with E-state index in [1.165, 1.54) is 0 Å². The molecular weight excluding hydrogens is 210 g/mol. The van der Waals surface area contributed by atoms with Gasteiger partial charge in [-0.2, -0.15) is 0 Å². The molecule has 0 bridgehead atoms. The van der Waals surface area contributed by atoms with Gasteiger partial charge in [-0.05, 0) is 24.0 Å². The Bertz CT molecular complexity index is 357. The minimum Gasteiger partial charge on any atom is -0.355 e. The minimum absolute atomic E-state index is 0.769. The van der Waals surface area contributed by atoms with Crippen molar-refractivity contribution in [2.75, 3.05) is 31.1 Å². The van der Waals surface area contributed by atoms with Crippen molar-refractivity contribution in [3.8, 4) is 0 Å². The number of hydrogen-bond acceptors (Lipinski definition) is 3. The van der Waals surface area contributed by atoms with Crippen LogP contribution in [0.4, 0.5) is 5.82 Å². The largest absolute Gasteiger partial charge is 0.355 e. The van der Waals surface area contributed by atoms with Crippen LogP contribution in [0.25, 0.3) is 0 Å². The van der Waals surface area contributed by atoms with Gasteiger partial charge in [0.05, 0.1) is 5.02 Å². The van der Waals surface area contributed by atoms with E-state index in [9.17, 15) is 0 Å². The lowest BCUT2D eigenvalue weighted by Crippen LogP contribution is -2.26. The predicted molar refractivity (Wildman–Crippen MR) is 61.3 cm³/mol. The molecule has 2 saturated heterocycles. The monoisotopic (exact) mass is 223 g/mol. The van der Waals surface area contributed by atoms with Gasteiger partial charge in [-0.15, -0.1) is 0 Å². The van der Waals surface area contributed by atoms with E-state index in [1.54, 1.807) is 0 Å². The molecule has 2 aliphatic rings. The fourth-order valence-electron chi connectivity index (χ4n) is 2.64. The normalized spacial score (nSPS) is 29.5. The van der Waals surface area contributed by atoms with E-state index >= 15 is 0 Å². The lowest BCUT2D eigenvalue weighted by molar-refractivity contribution is 0.533. The van der Waals surface area contributed by atoms with Crippen LogP contribution in [0.2, 0.25) is 5.02 Å². The third-order valence-electron chi connectivity index (χ3n) is 3.43. The minimum atomic E-state index is 0.769. The standard InChI is InChI=1S/C11H14ClN3/c12-10-2-1-3-14-11(10)15-6-8-4-13-5-9(8)7-15/h1-3,8-9,13H,4-7H2/t8-,9+. The fourth-order valence-corrected chi connectivity index (χ4v) is 2.88. The molecule has 0 unspecified atom stereocenters. The number of rotatable bonds is 1. The maximum Gasteiger partial charge on any atom is 0.147 e. The summed E-state index contributed by atoms with van der Waals surface area (Å²) in [5.74, 6) is 2.51. The molecule has 0 aliphatic carbocycles. The van der Waals surface area contributed by atoms with Crippen molar-refractivity contribution in [3.05, 3.63) is 23.4 Å². The van der Waals surface area contributed by atoms with Gasteiger partial charge in [-0.3, -0.25) is 0 Å². The Morgan fingerprint density at radius 2 is 2.07 bits per heavy atom. The summed E-state index contributed by atoms with van der Waals surface area (Å²) in [6.07, 6.45) is 1.81. The second-order valence-electron chi connectivity index (χ2n) is 4.39. The second kappa shape index (κ2) is 3.65. The molecule has 1 aromatic heterocycles. The molecule has 3 nitrogen and oxygen atoms in total. The van der Waals surface area contributed by atoms with Crippen LogP contribution < -0.4 is 10.2 Å². The Labute approximate surface area is 94.4 Å². The van der Waals surface area contributed by atoms with E-state index in [-0.39, 0.29) is 0 Å². The Kier molecular flexibility index (Phi) is 2.29. The average molecular weight is 224 g/mol. The number of pyridine rings is 1. The van der Waals surface area contributed by atoms with Crippen LogP contribution >= 0.6 is 11.6 Å². The smallest absolute Gasteiger partial charge is 0.147 e. The van der Waals surface area contributed by atoms with Crippen LogP contribution in [-0.2, 0) is 0 Å². The second-order valence-corrected chi connectivity index (χ2v) is 4.80. The van der Waals surface area contributed by atoms with Gasteiger partial charge in [0.15, 0.2) is 0 Å². The zero-order chi connectivity index (χ0) is 10.3. The summed E-state index contributed by atoms with van der Waals surface area (Å²) < 4.78 is 0. The summed E-state index contributed by atoms with van der Waals surface area (Å²) in [7, 11) is 0. The van der Waals surface area contributed by atoms with Gasteiger partial charge in [0.2, 0.25) is 0 Å². The van der Waals surface area contributed by atoms with Crippen molar-refractivity contribution in [1.82, 2.24) is 10.3 Å². The van der Waals surface area contributed by atoms with Crippen LogP contribution in [0, 0.1) is 11.8 Å². The Morgan fingerprint density at radius 3 is 2.73 bits per heavy atom. The summed E-state index contributed by atoms with van der Waals surface area (Å²) in [6, 6.07) is 3.79. The Hall–Kier alpha value is -0.800. The van der Waals surface area contributed by atoms with E-state index in [2.05, 4.69) is 15.2 Å². The number of halogens is 1. The van der Waals surface area contributed by atoms with Gasteiger partial charge < -0.3 is 10.2 Å². The van der Waals surface area contributed by atoms with Gasteiger partial charge >= 0.3 is 0 Å². The molecule has 2 atom stereocenters. The van der Waals surface area contributed by atoms with Gasteiger partial charge in [-0.25, -0.2) is 4.98 Å². The third-order valence-corrected chi connectivity index (χ3v) is 3.72. The predicted octanol–water partition coefficient (Wildman–Crippen LogP) is 1.39. The first-order chi connectivity index (χ1) is 7.34. The lowest BCUT2D eigenvalue weighted by Gasteiger charge is -2.19. The maximum atomic E-state index is 6.14. The molecule has 0 radical (unpaired) electrons. The van der Waals surface area contributed by atoms with Crippen LogP contribution in [0.15, 0.2) is 18.3 Å². The summed E-state index contributed by atoms with van der Waals surface area (Å²) in [4.78, 5) is 6.68. The number of nitrogens with one attached hydrogen (secondary N) is 1. The molecule has 0 spiro atoms. The number of anilines is 1. The first-order valence-corrected chi connectivity index (χ1v) is 5.78. The molecule has 1 N–H and O–H groups in total. The van der Waals surface area contributed by atoms with Crippen LogP contribution in [0.3, 0.4) is 0 Å². The lowest BCUT2D eigenvalue weighted by atomic mass is 10.0. The van der Waals surface area contributed by atoms with Crippen molar-refractivity contribution < 1.29 is 0 Å². The molecule has 3 heterocycles. The van der Waals surface area contributed by atoms with Crippen molar-refractivity contribution >= 4 is 17.4 Å². The summed E-state index contributed by atoms with van der Waals surface area (Å²) in [6.45, 7) is 4.47. The van der Waals surface area contributed by atoms with E-state index in [4.69, 9.17) is 11.6 Å². The fraction of sp³-hybridized carbons (Fsp3) is 0.545. The van der Waals surface area contributed by atoms with E-state index in [1.807, 2.05) is 18.3 Å². The van der Waals surface area contributed by atoms with Crippen molar-refractivity contribution in [3.63, 3.8) is 0 Å². The van der Waals surface area contributed by atoms with Gasteiger partial charge in [-0.1, -0.05) is 11.6 Å². The van der Waals surface area contributed by atoms with Crippen LogP contribution in [-0.4, -0.2) is 31.2 Å². The quantitative estimate of drug-likeness (QED) is 0.780. The highest BCUT2D eigenvalue weighted by Gasteiger charge is 2.36. The number of aromatic nitrogens is 1. The molecule has 4 heteroatoms. The number of hydrogen-bond donors (Lipinski definition) is 1. The molecule has 0 amide bonds. The molecule has 0 saturated carbocycles. The third kappa shape index (κ3) is 1.60. The van der Waals surface area contributed by atoms with Crippen molar-refractivity contribution in [2.24, 2.45) is 11.8 Å². The number of nitrogens with zero attached hydrogens (tertiary/aromatic N) is 2. The summed E-state index contributed by atoms with van der Waals surface area (Å²) in [5.41, 5.74) is 0. The van der Waals surface area contributed by atoms with Gasteiger partial charge in [0, 0.05) is 32.4 Å². The van der Waals surface area contributed by atoms with E-state index in [0.717, 1.165) is 48.9 Å². The highest BCUT2D eigenvalue weighted by Crippen LogP contribution is 2.32. The van der Waals surface area contributed by atoms with E-state index in [0.29, 0.717) is 0 Å². The SMILES string of the molecule is Clc1cccnc1N1C[C@H]2CNC[C@H]2C1. The first kappa shape index (κ1) is 9.43. The van der Waals surface area contributed by atoms with Crippen molar-refractivity contribution in [2.45, 2.75) is 0 Å². The summed E-state index contributed by atoms with van der Waals surface area (Å²) >= 11 is 6.14. The zero-order valence-electron chi connectivity index (χ0n) is 8.49. The molecular formula is C11H14ClN3. The van der Waals surface area contributed by atoms with Crippen molar-refractivity contribution in [1.29, 1.82) is 0 Å². The average Bonchev–Trinajstić information content (AvgIpc) is 2.77. The molecule has 3 rings (SSSR count). The molecule has 2 aliphatic heterocycles. The Morgan fingerprint density at radius 1 is 1.33 bits per heavy atom. The highest BCUT2D eigenvalue weighted by atomic mass is 35.5. The molecule has 0 aromatic carbocycles. The van der Waals surface area contributed by atoms with Gasteiger partial charge in [0.25, 0.3) is 0 Å². The van der Waals surface area contributed by atoms with Gasteiger partial charge in [0.1, 0.15) is 5.82 Å². The van der Waals surface area contributed by atoms with Crippen LogP contribution in [0.5, 0.6) is 0 Å². The summed E-state index contributed by atoms with van der Waals surface area (Å²) in [5, 5.41) is 4.20. The van der Waals surface area contributed by atoms with E-state index < -0.39 is 0 Å². The molecule has 1 aromatic rings. The zero-order valence-corrected chi connectivity index (χ0v) is 9.24. The maximum absolute atomic E-state index is 6.14. The molecule has 15 heavy (non-hydrogen) atoms. The topological polar surface area (TPSA) is 28.2 Å². The van der Waals surface area contributed by atoms with Crippen LogP contribution in [0.1, 0.15) is 0 Å². The number of fused-ring (bicyclic) bond motifs is 1. The molecule has 80 valence electrons. The molecule has 2 fully saturated rings.